The average Bonchev–Trinajstić information content (AvgIpc) is 2.40. The molecular formula is C14H20FNO3. The molecule has 0 heterocycles. The number of aliphatic carboxylic acids is 1. The number of benzene rings is 1. The van der Waals surface area contributed by atoms with Crippen molar-refractivity contribution in [1.29, 1.82) is 0 Å². The van der Waals surface area contributed by atoms with Gasteiger partial charge in [0.15, 0.2) is 0 Å². The second-order valence-corrected chi connectivity index (χ2v) is 4.63. The molecule has 0 aliphatic heterocycles. The Morgan fingerprint density at radius 3 is 2.32 bits per heavy atom. The van der Waals surface area contributed by atoms with E-state index < -0.39 is 17.2 Å². The molecule has 4 nitrogen and oxygen atoms in total. The Balaban J connectivity index is 2.91. The lowest BCUT2D eigenvalue weighted by molar-refractivity contribution is -0.143. The fourth-order valence-electron chi connectivity index (χ4n) is 2.17. The maximum Gasteiger partial charge on any atom is 0.315 e. The van der Waals surface area contributed by atoms with Gasteiger partial charge in [0.25, 0.3) is 0 Å². The van der Waals surface area contributed by atoms with Crippen LogP contribution < -0.4 is 5.73 Å². The van der Waals surface area contributed by atoms with E-state index in [2.05, 4.69) is 0 Å². The molecule has 0 aromatic heterocycles. The standard InChI is InChI=1S/C14H20FNO3/c15-12-6-4-11(5-7-12)14(10-16,13(18)19)8-2-1-3-9-17/h4-7,17H,1-3,8-10,16H2,(H,18,19). The van der Waals surface area contributed by atoms with Gasteiger partial charge in [-0.15, -0.1) is 0 Å². The smallest absolute Gasteiger partial charge is 0.315 e. The van der Waals surface area contributed by atoms with Crippen LogP contribution in [-0.2, 0) is 10.2 Å². The van der Waals surface area contributed by atoms with E-state index in [1.165, 1.54) is 24.3 Å². The van der Waals surface area contributed by atoms with Crippen LogP contribution >= 0.6 is 0 Å². The molecular weight excluding hydrogens is 249 g/mol. The highest BCUT2D eigenvalue weighted by Crippen LogP contribution is 2.30. The monoisotopic (exact) mass is 269 g/mol. The molecule has 1 atom stereocenters. The highest BCUT2D eigenvalue weighted by Gasteiger charge is 2.38. The summed E-state index contributed by atoms with van der Waals surface area (Å²) in [7, 11) is 0. The Morgan fingerprint density at radius 1 is 1.21 bits per heavy atom. The molecule has 0 bridgehead atoms. The molecule has 0 fully saturated rings. The quantitative estimate of drug-likeness (QED) is 0.627. The lowest BCUT2D eigenvalue weighted by Crippen LogP contribution is -2.43. The summed E-state index contributed by atoms with van der Waals surface area (Å²) in [5.41, 5.74) is 5.01. The summed E-state index contributed by atoms with van der Waals surface area (Å²) >= 11 is 0. The van der Waals surface area contributed by atoms with E-state index in [1.807, 2.05) is 0 Å². The summed E-state index contributed by atoms with van der Waals surface area (Å²) < 4.78 is 12.9. The summed E-state index contributed by atoms with van der Waals surface area (Å²) in [6, 6.07) is 5.44. The number of rotatable bonds is 8. The van der Waals surface area contributed by atoms with E-state index in [0.717, 1.165) is 6.42 Å². The van der Waals surface area contributed by atoms with Crippen molar-refractivity contribution in [3.63, 3.8) is 0 Å². The third-order valence-corrected chi connectivity index (χ3v) is 3.42. The van der Waals surface area contributed by atoms with Gasteiger partial charge in [-0.1, -0.05) is 25.0 Å². The second-order valence-electron chi connectivity index (χ2n) is 4.63. The summed E-state index contributed by atoms with van der Waals surface area (Å²) in [5.74, 6) is -1.40. The first-order valence-electron chi connectivity index (χ1n) is 6.37. The van der Waals surface area contributed by atoms with E-state index in [9.17, 15) is 14.3 Å². The van der Waals surface area contributed by atoms with Gasteiger partial charge in [-0.2, -0.15) is 0 Å². The second kappa shape index (κ2) is 7.21. The molecule has 0 aliphatic carbocycles. The number of hydrogen-bond acceptors (Lipinski definition) is 3. The van der Waals surface area contributed by atoms with Crippen molar-refractivity contribution in [1.82, 2.24) is 0 Å². The van der Waals surface area contributed by atoms with Crippen LogP contribution in [0.4, 0.5) is 4.39 Å². The van der Waals surface area contributed by atoms with Crippen molar-refractivity contribution in [2.75, 3.05) is 13.2 Å². The number of carboxylic acids is 1. The third-order valence-electron chi connectivity index (χ3n) is 3.42. The van der Waals surface area contributed by atoms with Crippen LogP contribution in [0.3, 0.4) is 0 Å². The van der Waals surface area contributed by atoms with Crippen LogP contribution in [0.25, 0.3) is 0 Å². The van der Waals surface area contributed by atoms with E-state index in [0.29, 0.717) is 24.8 Å². The lowest BCUT2D eigenvalue weighted by atomic mass is 9.76. The van der Waals surface area contributed by atoms with Gasteiger partial charge in [0.2, 0.25) is 0 Å². The van der Waals surface area contributed by atoms with Crippen molar-refractivity contribution in [3.05, 3.63) is 35.6 Å². The van der Waals surface area contributed by atoms with Crippen LogP contribution in [0.5, 0.6) is 0 Å². The zero-order valence-electron chi connectivity index (χ0n) is 10.8. The van der Waals surface area contributed by atoms with Crippen molar-refractivity contribution in [2.24, 2.45) is 5.73 Å². The number of hydrogen-bond donors (Lipinski definition) is 3. The lowest BCUT2D eigenvalue weighted by Gasteiger charge is -2.28. The molecule has 4 N–H and O–H groups in total. The van der Waals surface area contributed by atoms with Crippen LogP contribution in [0.2, 0.25) is 0 Å². The molecule has 1 aromatic rings. The molecule has 1 unspecified atom stereocenters. The molecule has 0 amide bonds. The summed E-state index contributed by atoms with van der Waals surface area (Å²) in [4.78, 5) is 11.6. The van der Waals surface area contributed by atoms with Crippen molar-refractivity contribution in [2.45, 2.75) is 31.1 Å². The Morgan fingerprint density at radius 2 is 1.84 bits per heavy atom. The maximum atomic E-state index is 12.9. The van der Waals surface area contributed by atoms with Crippen LogP contribution in [0.15, 0.2) is 24.3 Å². The first-order chi connectivity index (χ1) is 9.06. The van der Waals surface area contributed by atoms with Crippen molar-refractivity contribution in [3.8, 4) is 0 Å². The van der Waals surface area contributed by atoms with Gasteiger partial charge in [-0.3, -0.25) is 4.79 Å². The SMILES string of the molecule is NCC(CCCCCO)(C(=O)O)c1ccc(F)cc1. The summed E-state index contributed by atoms with van der Waals surface area (Å²) in [5, 5.41) is 18.2. The minimum Gasteiger partial charge on any atom is -0.481 e. The highest BCUT2D eigenvalue weighted by molar-refractivity contribution is 5.81. The zero-order chi connectivity index (χ0) is 14.3. The minimum absolute atomic E-state index is 0.0346. The minimum atomic E-state index is -1.18. The fraction of sp³-hybridized carbons (Fsp3) is 0.500. The van der Waals surface area contributed by atoms with Crippen LogP contribution in [-0.4, -0.2) is 29.3 Å². The Hall–Kier alpha value is -1.46. The topological polar surface area (TPSA) is 83.5 Å². The van der Waals surface area contributed by atoms with Gasteiger partial charge >= 0.3 is 5.97 Å². The first kappa shape index (κ1) is 15.6. The van der Waals surface area contributed by atoms with Crippen molar-refractivity contribution >= 4 is 5.97 Å². The third kappa shape index (κ3) is 3.75. The van der Waals surface area contributed by atoms with Crippen molar-refractivity contribution < 1.29 is 19.4 Å². The molecule has 0 radical (unpaired) electrons. The normalized spacial score (nSPS) is 14.1. The predicted molar refractivity (Wildman–Crippen MR) is 70.3 cm³/mol. The van der Waals surface area contributed by atoms with E-state index >= 15 is 0 Å². The summed E-state index contributed by atoms with van der Waals surface area (Å²) in [6.07, 6.45) is 2.42. The molecule has 106 valence electrons. The number of nitrogens with two attached hydrogens (primary N) is 1. The molecule has 0 aliphatic rings. The predicted octanol–water partition coefficient (Wildman–Crippen LogP) is 1.66. The van der Waals surface area contributed by atoms with Gasteiger partial charge in [0.1, 0.15) is 11.2 Å². The molecule has 5 heteroatoms. The number of halogens is 1. The molecule has 0 spiro atoms. The molecule has 1 aromatic carbocycles. The molecule has 1 rings (SSSR count). The fourth-order valence-corrected chi connectivity index (χ4v) is 2.17. The van der Waals surface area contributed by atoms with Gasteiger partial charge in [0, 0.05) is 13.2 Å². The molecule has 19 heavy (non-hydrogen) atoms. The van der Waals surface area contributed by atoms with Gasteiger partial charge < -0.3 is 15.9 Å². The highest BCUT2D eigenvalue weighted by atomic mass is 19.1. The molecule has 0 saturated carbocycles. The van der Waals surface area contributed by atoms with Gasteiger partial charge in [0.05, 0.1) is 0 Å². The Labute approximate surface area is 112 Å². The largest absolute Gasteiger partial charge is 0.481 e. The van der Waals surface area contributed by atoms with E-state index in [1.54, 1.807) is 0 Å². The Kier molecular flexibility index (Phi) is 5.92. The number of carboxylic acid groups (broad SMARTS) is 1. The average molecular weight is 269 g/mol. The number of carbonyl (C=O) groups is 1. The first-order valence-corrected chi connectivity index (χ1v) is 6.37. The van der Waals surface area contributed by atoms with Gasteiger partial charge in [-0.05, 0) is 30.5 Å². The summed E-state index contributed by atoms with van der Waals surface area (Å²) in [6.45, 7) is 0.0618. The van der Waals surface area contributed by atoms with Crippen LogP contribution in [0, 0.1) is 5.82 Å². The number of aliphatic hydroxyl groups excluding tert-OH is 1. The molecule has 0 saturated heterocycles. The maximum absolute atomic E-state index is 12.9. The zero-order valence-corrected chi connectivity index (χ0v) is 10.8. The van der Waals surface area contributed by atoms with Gasteiger partial charge in [-0.25, -0.2) is 4.39 Å². The van der Waals surface area contributed by atoms with Crippen LogP contribution in [0.1, 0.15) is 31.2 Å². The number of aliphatic hydroxyl groups is 1. The van der Waals surface area contributed by atoms with E-state index in [-0.39, 0.29) is 13.2 Å². The number of unbranched alkanes of at least 4 members (excludes halogenated alkanes) is 2. The Bertz CT molecular complexity index is 408. The van der Waals surface area contributed by atoms with E-state index in [4.69, 9.17) is 10.8 Å².